The van der Waals surface area contributed by atoms with Gasteiger partial charge in [-0.1, -0.05) is 56.9 Å². The predicted octanol–water partition coefficient (Wildman–Crippen LogP) is 5.27. The highest BCUT2D eigenvalue weighted by Gasteiger charge is 2.14. The second-order valence-electron chi connectivity index (χ2n) is 7.24. The first-order valence-electron chi connectivity index (χ1n) is 8.87. The smallest absolute Gasteiger partial charge is 0.330 e. The van der Waals surface area contributed by atoms with Gasteiger partial charge in [0.1, 0.15) is 0 Å². The molecule has 134 valence electrons. The first-order valence-corrected chi connectivity index (χ1v) is 8.87. The van der Waals surface area contributed by atoms with Crippen LogP contribution in [0.5, 0.6) is 0 Å². The van der Waals surface area contributed by atoms with E-state index >= 15 is 0 Å². The van der Waals surface area contributed by atoms with Gasteiger partial charge in [-0.05, 0) is 60.2 Å². The number of benzene rings is 2. The second-order valence-corrected chi connectivity index (χ2v) is 7.24. The van der Waals surface area contributed by atoms with Crippen molar-refractivity contribution in [2.75, 3.05) is 6.61 Å². The molecule has 2 heteroatoms. The Hall–Kier alpha value is -2.79. The highest BCUT2D eigenvalue weighted by molar-refractivity contribution is 5.87. The minimum Gasteiger partial charge on any atom is -0.463 e. The van der Waals surface area contributed by atoms with Crippen molar-refractivity contribution in [1.82, 2.24) is 0 Å². The van der Waals surface area contributed by atoms with Crippen LogP contribution in [-0.2, 0) is 14.9 Å². The van der Waals surface area contributed by atoms with E-state index in [0.29, 0.717) is 6.61 Å². The maximum atomic E-state index is 11.3. The molecule has 0 saturated heterocycles. The molecule has 2 nitrogen and oxygen atoms in total. The minimum absolute atomic E-state index is 0.108. The van der Waals surface area contributed by atoms with Crippen molar-refractivity contribution in [3.05, 3.63) is 76.4 Å². The van der Waals surface area contributed by atoms with Crippen LogP contribution in [0.15, 0.2) is 48.5 Å². The van der Waals surface area contributed by atoms with Crippen LogP contribution in [0, 0.1) is 18.8 Å². The fraction of sp³-hybridized carbons (Fsp3) is 0.292. The number of carbonyl (C=O) groups excluding carboxylic acids is 1. The Labute approximate surface area is 156 Å². The number of hydrogen-bond acceptors (Lipinski definition) is 2. The van der Waals surface area contributed by atoms with Gasteiger partial charge in [0.15, 0.2) is 0 Å². The van der Waals surface area contributed by atoms with Crippen molar-refractivity contribution < 1.29 is 9.53 Å². The number of aryl methyl sites for hydroxylation is 1. The van der Waals surface area contributed by atoms with Crippen LogP contribution in [-0.4, -0.2) is 12.6 Å². The van der Waals surface area contributed by atoms with Gasteiger partial charge in [0, 0.05) is 17.2 Å². The molecule has 0 N–H and O–H groups in total. The molecule has 0 radical (unpaired) electrons. The summed E-state index contributed by atoms with van der Waals surface area (Å²) in [5.74, 6) is 6.18. The maximum absolute atomic E-state index is 11.3. The minimum atomic E-state index is -0.328. The first kappa shape index (κ1) is 19.5. The Morgan fingerprint density at radius 2 is 1.77 bits per heavy atom. The lowest BCUT2D eigenvalue weighted by Gasteiger charge is -2.19. The summed E-state index contributed by atoms with van der Waals surface area (Å²) in [6, 6.07) is 14.3. The van der Waals surface area contributed by atoms with Crippen LogP contribution in [0.1, 0.15) is 55.5 Å². The van der Waals surface area contributed by atoms with Gasteiger partial charge in [0.05, 0.1) is 6.61 Å². The van der Waals surface area contributed by atoms with Crippen molar-refractivity contribution >= 4 is 12.0 Å². The Bertz CT molecular complexity index is 854. The molecule has 0 aliphatic heterocycles. The van der Waals surface area contributed by atoms with Gasteiger partial charge in [-0.3, -0.25) is 0 Å². The fourth-order valence-corrected chi connectivity index (χ4v) is 2.39. The molecule has 26 heavy (non-hydrogen) atoms. The summed E-state index contributed by atoms with van der Waals surface area (Å²) in [5.41, 5.74) is 5.51. The number of rotatable bonds is 3. The monoisotopic (exact) mass is 346 g/mol. The summed E-state index contributed by atoms with van der Waals surface area (Å²) in [4.78, 5) is 11.3. The van der Waals surface area contributed by atoms with E-state index in [1.165, 1.54) is 17.2 Å². The topological polar surface area (TPSA) is 26.3 Å². The molecule has 0 atom stereocenters. The molecule has 0 spiro atoms. The summed E-state index contributed by atoms with van der Waals surface area (Å²) in [7, 11) is 0. The SMILES string of the molecule is CCOC(=O)/C=C/c1ccc(C#Cc2cc(C(C)(C)C)ccc2C)cc1. The van der Waals surface area contributed by atoms with Gasteiger partial charge < -0.3 is 4.74 Å². The molecule has 2 aromatic rings. The van der Waals surface area contributed by atoms with Gasteiger partial charge >= 0.3 is 5.97 Å². The lowest BCUT2D eigenvalue weighted by atomic mass is 9.85. The zero-order valence-electron chi connectivity index (χ0n) is 16.2. The Balaban J connectivity index is 2.17. The molecule has 2 aromatic carbocycles. The molecular weight excluding hydrogens is 320 g/mol. The molecule has 0 bridgehead atoms. The summed E-state index contributed by atoms with van der Waals surface area (Å²) >= 11 is 0. The van der Waals surface area contributed by atoms with Crippen molar-refractivity contribution in [3.8, 4) is 11.8 Å². The van der Waals surface area contributed by atoms with Crippen LogP contribution in [0.3, 0.4) is 0 Å². The molecular formula is C24H26O2. The second kappa shape index (κ2) is 8.54. The van der Waals surface area contributed by atoms with Gasteiger partial charge in [-0.25, -0.2) is 4.79 Å². The van der Waals surface area contributed by atoms with E-state index in [4.69, 9.17) is 4.74 Å². The summed E-state index contributed by atoms with van der Waals surface area (Å²) < 4.78 is 4.87. The van der Waals surface area contributed by atoms with Crippen LogP contribution in [0.2, 0.25) is 0 Å². The van der Waals surface area contributed by atoms with Crippen molar-refractivity contribution in [3.63, 3.8) is 0 Å². The highest BCUT2D eigenvalue weighted by Crippen LogP contribution is 2.24. The summed E-state index contributed by atoms with van der Waals surface area (Å²) in [5, 5.41) is 0. The highest BCUT2D eigenvalue weighted by atomic mass is 16.5. The van der Waals surface area contributed by atoms with E-state index in [2.05, 4.69) is 57.7 Å². The van der Waals surface area contributed by atoms with Crippen molar-refractivity contribution in [2.45, 2.75) is 40.0 Å². The lowest BCUT2D eigenvalue weighted by Crippen LogP contribution is -2.11. The molecule has 0 fully saturated rings. The van der Waals surface area contributed by atoms with Gasteiger partial charge in [-0.2, -0.15) is 0 Å². The molecule has 0 saturated carbocycles. The molecule has 0 unspecified atom stereocenters. The van der Waals surface area contributed by atoms with E-state index in [1.807, 2.05) is 24.3 Å². The van der Waals surface area contributed by atoms with Crippen LogP contribution < -0.4 is 0 Å². The van der Waals surface area contributed by atoms with Gasteiger partial charge in [0.25, 0.3) is 0 Å². The van der Waals surface area contributed by atoms with E-state index in [1.54, 1.807) is 13.0 Å². The van der Waals surface area contributed by atoms with Crippen molar-refractivity contribution in [2.24, 2.45) is 0 Å². The van der Waals surface area contributed by atoms with Crippen LogP contribution >= 0.6 is 0 Å². The number of esters is 1. The Kier molecular flexibility index (Phi) is 6.41. The third kappa shape index (κ3) is 5.63. The van der Waals surface area contributed by atoms with E-state index in [9.17, 15) is 4.79 Å². The molecule has 0 aromatic heterocycles. The Morgan fingerprint density at radius 3 is 2.38 bits per heavy atom. The van der Waals surface area contributed by atoms with E-state index in [-0.39, 0.29) is 11.4 Å². The third-order valence-electron chi connectivity index (χ3n) is 4.05. The molecule has 0 aliphatic carbocycles. The molecule has 0 amide bonds. The average Bonchev–Trinajstić information content (AvgIpc) is 2.59. The molecule has 2 rings (SSSR count). The van der Waals surface area contributed by atoms with E-state index in [0.717, 1.165) is 16.7 Å². The van der Waals surface area contributed by atoms with Gasteiger partial charge in [0.2, 0.25) is 0 Å². The molecule has 0 heterocycles. The fourth-order valence-electron chi connectivity index (χ4n) is 2.39. The van der Waals surface area contributed by atoms with Gasteiger partial charge in [-0.15, -0.1) is 0 Å². The quantitative estimate of drug-likeness (QED) is 0.430. The lowest BCUT2D eigenvalue weighted by molar-refractivity contribution is -0.137. The van der Waals surface area contributed by atoms with Crippen LogP contribution in [0.25, 0.3) is 6.08 Å². The zero-order valence-corrected chi connectivity index (χ0v) is 16.2. The Morgan fingerprint density at radius 1 is 1.08 bits per heavy atom. The van der Waals surface area contributed by atoms with Crippen molar-refractivity contribution in [1.29, 1.82) is 0 Å². The molecule has 0 aliphatic rings. The number of carbonyl (C=O) groups is 1. The summed E-state index contributed by atoms with van der Waals surface area (Å²) in [6.45, 7) is 10.9. The summed E-state index contributed by atoms with van der Waals surface area (Å²) in [6.07, 6.45) is 3.18. The average molecular weight is 346 g/mol. The zero-order chi connectivity index (χ0) is 19.2. The predicted molar refractivity (Wildman–Crippen MR) is 108 cm³/mol. The number of hydrogen-bond donors (Lipinski definition) is 0. The normalized spacial score (nSPS) is 11.1. The number of ether oxygens (including phenoxy) is 1. The first-order chi connectivity index (χ1) is 12.3. The van der Waals surface area contributed by atoms with Crippen LogP contribution in [0.4, 0.5) is 0 Å². The largest absolute Gasteiger partial charge is 0.463 e. The van der Waals surface area contributed by atoms with E-state index < -0.39 is 0 Å². The third-order valence-corrected chi connectivity index (χ3v) is 4.05. The standard InChI is InChI=1S/C24H26O2/c1-6-26-23(25)16-13-20-10-8-19(9-11-20)12-14-21-17-22(24(3,4)5)15-7-18(21)2/h7-11,13,15-17H,6H2,1-5H3/b16-13+. The maximum Gasteiger partial charge on any atom is 0.330 e.